The maximum absolute atomic E-state index is 11.4. The van der Waals surface area contributed by atoms with Gasteiger partial charge < -0.3 is 10.5 Å². The molecule has 0 aliphatic heterocycles. The molecular formula is C8H19N3O4S. The van der Waals surface area contributed by atoms with Crippen LogP contribution in [0.2, 0.25) is 0 Å². The Labute approximate surface area is 95.9 Å². The molecule has 0 heterocycles. The second-order valence-electron chi connectivity index (χ2n) is 3.29. The summed E-state index contributed by atoms with van der Waals surface area (Å²) in [5, 5.41) is 0. The third-order valence-corrected chi connectivity index (χ3v) is 2.99. The average molecular weight is 253 g/mol. The molecule has 7 nitrogen and oxygen atoms in total. The van der Waals surface area contributed by atoms with Gasteiger partial charge in [0.05, 0.1) is 7.11 Å². The van der Waals surface area contributed by atoms with E-state index in [-0.39, 0.29) is 12.6 Å². The molecule has 0 aromatic heterocycles. The molecule has 0 rings (SSSR count). The summed E-state index contributed by atoms with van der Waals surface area (Å²) in [7, 11) is -2.80. The molecule has 8 heteroatoms. The Bertz CT molecular complexity index is 304. The van der Waals surface area contributed by atoms with Gasteiger partial charge in [-0.15, -0.1) is 0 Å². The van der Waals surface area contributed by atoms with Gasteiger partial charge in [0.15, 0.2) is 0 Å². The van der Waals surface area contributed by atoms with Crippen LogP contribution < -0.4 is 15.2 Å². The first-order chi connectivity index (χ1) is 7.45. The fourth-order valence-electron chi connectivity index (χ4n) is 1.08. The molecule has 0 fully saturated rings. The van der Waals surface area contributed by atoms with Crippen LogP contribution in [0.3, 0.4) is 0 Å². The van der Waals surface area contributed by atoms with Crippen molar-refractivity contribution >= 4 is 16.3 Å². The van der Waals surface area contributed by atoms with Gasteiger partial charge in [0, 0.05) is 12.6 Å². The molecule has 0 saturated carbocycles. The summed E-state index contributed by atoms with van der Waals surface area (Å²) >= 11 is 0. The van der Waals surface area contributed by atoms with E-state index in [0.29, 0.717) is 6.42 Å². The lowest BCUT2D eigenvalue weighted by Gasteiger charge is -2.16. The number of nitrogens with two attached hydrogens (primary N) is 1. The highest BCUT2D eigenvalue weighted by Crippen LogP contribution is 2.00. The Morgan fingerprint density at radius 2 is 2.12 bits per heavy atom. The molecule has 0 bridgehead atoms. The summed E-state index contributed by atoms with van der Waals surface area (Å²) in [4.78, 5) is 10.7. The smallest absolute Gasteiger partial charge is 0.421 e. The van der Waals surface area contributed by atoms with Crippen molar-refractivity contribution in [2.75, 3.05) is 13.7 Å². The van der Waals surface area contributed by atoms with Gasteiger partial charge in [0.2, 0.25) is 0 Å². The minimum absolute atomic E-state index is 0.183. The number of unbranched alkanes of at least 4 members (excludes halogenated alkanes) is 1. The van der Waals surface area contributed by atoms with Crippen molar-refractivity contribution in [3.05, 3.63) is 0 Å². The average Bonchev–Trinajstić information content (AvgIpc) is 2.23. The Balaban J connectivity index is 4.26. The van der Waals surface area contributed by atoms with Crippen molar-refractivity contribution < 1.29 is 17.9 Å². The van der Waals surface area contributed by atoms with Gasteiger partial charge in [0.25, 0.3) is 0 Å². The third kappa shape index (κ3) is 6.59. The number of amides is 1. The number of nitrogens with one attached hydrogen (secondary N) is 2. The van der Waals surface area contributed by atoms with Gasteiger partial charge in [-0.25, -0.2) is 9.52 Å². The highest BCUT2D eigenvalue weighted by atomic mass is 32.2. The summed E-state index contributed by atoms with van der Waals surface area (Å²) in [6.45, 7) is 2.18. The van der Waals surface area contributed by atoms with E-state index in [1.807, 2.05) is 6.92 Å². The van der Waals surface area contributed by atoms with Crippen molar-refractivity contribution in [2.45, 2.75) is 32.2 Å². The zero-order valence-corrected chi connectivity index (χ0v) is 10.3. The lowest BCUT2D eigenvalue weighted by Crippen LogP contribution is -2.47. The topological polar surface area (TPSA) is 111 Å². The molecule has 0 saturated heterocycles. The van der Waals surface area contributed by atoms with Crippen LogP contribution in [0.1, 0.15) is 26.2 Å². The number of carbonyl (C=O) groups excluding carboxylic acids is 1. The quantitative estimate of drug-likeness (QED) is 0.576. The lowest BCUT2D eigenvalue weighted by atomic mass is 10.1. The maximum atomic E-state index is 11.4. The summed E-state index contributed by atoms with van der Waals surface area (Å²) in [6.07, 6.45) is 1.42. The molecule has 0 aromatic carbocycles. The zero-order valence-electron chi connectivity index (χ0n) is 9.52. The fourth-order valence-corrected chi connectivity index (χ4v) is 2.09. The Hall–Kier alpha value is -0.860. The van der Waals surface area contributed by atoms with Gasteiger partial charge >= 0.3 is 16.3 Å². The van der Waals surface area contributed by atoms with Gasteiger partial charge in [-0.2, -0.15) is 13.1 Å². The Morgan fingerprint density at radius 3 is 2.56 bits per heavy atom. The number of hydrogen-bond acceptors (Lipinski definition) is 5. The first-order valence-corrected chi connectivity index (χ1v) is 6.51. The van der Waals surface area contributed by atoms with Crippen LogP contribution in [0.25, 0.3) is 0 Å². The standard InChI is InChI=1S/C8H19N3O4S/c1-3-4-5-7(6-9)10-16(13,14)11-8(12)15-2/h7,10H,3-6,9H2,1-2H3,(H,11,12). The molecule has 96 valence electrons. The van der Waals surface area contributed by atoms with Crippen LogP contribution >= 0.6 is 0 Å². The summed E-state index contributed by atoms with van der Waals surface area (Å²) < 4.78 is 30.9. The monoisotopic (exact) mass is 253 g/mol. The van der Waals surface area contributed by atoms with Crippen LogP contribution in [0.15, 0.2) is 0 Å². The molecule has 0 radical (unpaired) electrons. The molecule has 4 N–H and O–H groups in total. The number of methoxy groups -OCH3 is 1. The molecule has 0 aromatic rings. The first-order valence-electron chi connectivity index (χ1n) is 5.03. The molecule has 0 aliphatic carbocycles. The number of rotatable bonds is 7. The van der Waals surface area contributed by atoms with E-state index < -0.39 is 16.3 Å². The normalized spacial score (nSPS) is 13.2. The van der Waals surface area contributed by atoms with E-state index in [4.69, 9.17) is 5.73 Å². The van der Waals surface area contributed by atoms with Crippen molar-refractivity contribution in [2.24, 2.45) is 5.73 Å². The summed E-state index contributed by atoms with van der Waals surface area (Å²) in [5.41, 5.74) is 5.41. The van der Waals surface area contributed by atoms with Crippen molar-refractivity contribution in [1.82, 2.24) is 9.44 Å². The van der Waals surface area contributed by atoms with Crippen LogP contribution in [0, 0.1) is 0 Å². The van der Waals surface area contributed by atoms with E-state index in [1.165, 1.54) is 0 Å². The van der Waals surface area contributed by atoms with Crippen molar-refractivity contribution in [3.8, 4) is 0 Å². The lowest BCUT2D eigenvalue weighted by molar-refractivity contribution is 0.177. The SMILES string of the molecule is CCCCC(CN)NS(=O)(=O)NC(=O)OC. The van der Waals surface area contributed by atoms with Gasteiger partial charge in [-0.05, 0) is 6.42 Å². The van der Waals surface area contributed by atoms with Gasteiger partial charge in [-0.1, -0.05) is 19.8 Å². The van der Waals surface area contributed by atoms with Crippen LogP contribution in [0.5, 0.6) is 0 Å². The number of ether oxygens (including phenoxy) is 1. The number of hydrogen-bond donors (Lipinski definition) is 3. The second-order valence-corrected chi connectivity index (χ2v) is 4.74. The van der Waals surface area contributed by atoms with E-state index >= 15 is 0 Å². The number of carbonyl (C=O) groups is 1. The van der Waals surface area contributed by atoms with Crippen LogP contribution in [0.4, 0.5) is 4.79 Å². The Kier molecular flexibility index (Phi) is 7.02. The predicted molar refractivity (Wildman–Crippen MR) is 60.0 cm³/mol. The molecule has 16 heavy (non-hydrogen) atoms. The van der Waals surface area contributed by atoms with E-state index in [1.54, 1.807) is 4.72 Å². The van der Waals surface area contributed by atoms with Crippen LogP contribution in [-0.4, -0.2) is 34.2 Å². The van der Waals surface area contributed by atoms with Gasteiger partial charge in [-0.3, -0.25) is 0 Å². The highest BCUT2D eigenvalue weighted by molar-refractivity contribution is 7.88. The molecule has 1 amide bonds. The van der Waals surface area contributed by atoms with Crippen molar-refractivity contribution in [1.29, 1.82) is 0 Å². The van der Waals surface area contributed by atoms with E-state index in [9.17, 15) is 13.2 Å². The summed E-state index contributed by atoms with van der Waals surface area (Å²) in [6, 6.07) is -0.373. The van der Waals surface area contributed by atoms with Crippen LogP contribution in [-0.2, 0) is 14.9 Å². The largest absolute Gasteiger partial charge is 0.452 e. The fraction of sp³-hybridized carbons (Fsp3) is 0.875. The predicted octanol–water partition coefficient (Wildman–Crippen LogP) is -0.306. The van der Waals surface area contributed by atoms with E-state index in [0.717, 1.165) is 20.0 Å². The maximum Gasteiger partial charge on any atom is 0.421 e. The molecule has 0 aliphatic rings. The third-order valence-electron chi connectivity index (χ3n) is 1.92. The molecule has 0 spiro atoms. The summed E-state index contributed by atoms with van der Waals surface area (Å²) in [5.74, 6) is 0. The Morgan fingerprint density at radius 1 is 1.50 bits per heavy atom. The first kappa shape index (κ1) is 15.1. The van der Waals surface area contributed by atoms with Crippen molar-refractivity contribution in [3.63, 3.8) is 0 Å². The molecule has 1 atom stereocenters. The molecular weight excluding hydrogens is 234 g/mol. The minimum atomic E-state index is -3.89. The molecule has 1 unspecified atom stereocenters. The zero-order chi connectivity index (χ0) is 12.6. The van der Waals surface area contributed by atoms with E-state index in [2.05, 4.69) is 9.46 Å². The highest BCUT2D eigenvalue weighted by Gasteiger charge is 2.18. The van der Waals surface area contributed by atoms with Gasteiger partial charge in [0.1, 0.15) is 0 Å². The second kappa shape index (κ2) is 7.42. The minimum Gasteiger partial charge on any atom is -0.452 e.